The molecule has 0 aliphatic heterocycles. The second-order valence-corrected chi connectivity index (χ2v) is 4.83. The van der Waals surface area contributed by atoms with Crippen LogP contribution < -0.4 is 0 Å². The van der Waals surface area contributed by atoms with E-state index in [1.54, 1.807) is 32.0 Å². The zero-order valence-corrected chi connectivity index (χ0v) is 11.8. The van der Waals surface area contributed by atoms with Crippen LogP contribution in [0.1, 0.15) is 33.2 Å². The van der Waals surface area contributed by atoms with Crippen molar-refractivity contribution in [2.24, 2.45) is 0 Å². The average Bonchev–Trinajstić information content (AvgIpc) is 2.39. The lowest BCUT2D eigenvalue weighted by atomic mass is 9.95. The molecule has 0 bridgehead atoms. The van der Waals surface area contributed by atoms with Gasteiger partial charge in [0.25, 0.3) is 0 Å². The van der Waals surface area contributed by atoms with Gasteiger partial charge in [0.2, 0.25) is 0 Å². The molecule has 2 rings (SSSR count). The van der Waals surface area contributed by atoms with Crippen LogP contribution in [0, 0.1) is 19.7 Å². The van der Waals surface area contributed by atoms with Gasteiger partial charge in [-0.15, -0.1) is 0 Å². The van der Waals surface area contributed by atoms with Crippen LogP contribution in [-0.2, 0) is 4.74 Å². The fourth-order valence-corrected chi connectivity index (χ4v) is 2.38. The Morgan fingerprint density at radius 2 is 1.80 bits per heavy atom. The van der Waals surface area contributed by atoms with E-state index in [1.165, 1.54) is 13.2 Å². The van der Waals surface area contributed by atoms with E-state index in [9.17, 15) is 9.18 Å². The summed E-state index contributed by atoms with van der Waals surface area (Å²) in [5, 5.41) is 0. The standard InChI is InChI=1S/C17H17FO2/c1-11-9-12(2)15(14(18)10-11)16(19)17(20-3)13-7-5-4-6-8-13/h4-10,17H,1-3H3. The smallest absolute Gasteiger partial charge is 0.199 e. The number of rotatable bonds is 4. The van der Waals surface area contributed by atoms with Crippen molar-refractivity contribution >= 4 is 5.78 Å². The Balaban J connectivity index is 2.45. The number of Topliss-reactive ketones (excluding diaryl/α,β-unsaturated/α-hetero) is 1. The van der Waals surface area contributed by atoms with Crippen LogP contribution in [0.25, 0.3) is 0 Å². The lowest BCUT2D eigenvalue weighted by Crippen LogP contribution is -2.17. The first-order valence-corrected chi connectivity index (χ1v) is 6.43. The van der Waals surface area contributed by atoms with Gasteiger partial charge in [0, 0.05) is 7.11 Å². The second kappa shape index (κ2) is 5.97. The van der Waals surface area contributed by atoms with Crippen LogP contribution in [0.3, 0.4) is 0 Å². The summed E-state index contributed by atoms with van der Waals surface area (Å²) in [6.45, 7) is 3.54. The first-order chi connectivity index (χ1) is 9.54. The molecule has 2 aromatic carbocycles. The summed E-state index contributed by atoms with van der Waals surface area (Å²) in [6.07, 6.45) is -0.785. The quantitative estimate of drug-likeness (QED) is 0.786. The van der Waals surface area contributed by atoms with Crippen LogP contribution in [-0.4, -0.2) is 12.9 Å². The van der Waals surface area contributed by atoms with Crippen molar-refractivity contribution < 1.29 is 13.9 Å². The van der Waals surface area contributed by atoms with Gasteiger partial charge in [-0.3, -0.25) is 4.79 Å². The van der Waals surface area contributed by atoms with Crippen LogP contribution in [0.2, 0.25) is 0 Å². The lowest BCUT2D eigenvalue weighted by molar-refractivity contribution is 0.0599. The predicted molar refractivity (Wildman–Crippen MR) is 76.4 cm³/mol. The minimum atomic E-state index is -0.785. The van der Waals surface area contributed by atoms with Crippen LogP contribution in [0.4, 0.5) is 4.39 Å². The number of ketones is 1. The highest BCUT2D eigenvalue weighted by molar-refractivity contribution is 6.01. The Hall–Kier alpha value is -2.00. The molecule has 3 heteroatoms. The number of carbonyl (C=O) groups is 1. The maximum Gasteiger partial charge on any atom is 0.199 e. The molecular weight excluding hydrogens is 255 g/mol. The Bertz CT molecular complexity index is 597. The van der Waals surface area contributed by atoms with Gasteiger partial charge in [-0.1, -0.05) is 36.4 Å². The molecule has 1 unspecified atom stereocenters. The topological polar surface area (TPSA) is 26.3 Å². The minimum absolute atomic E-state index is 0.103. The van der Waals surface area contributed by atoms with Crippen molar-refractivity contribution in [2.75, 3.05) is 7.11 Å². The van der Waals surface area contributed by atoms with E-state index in [2.05, 4.69) is 0 Å². The number of benzene rings is 2. The molecule has 2 nitrogen and oxygen atoms in total. The monoisotopic (exact) mass is 272 g/mol. The van der Waals surface area contributed by atoms with E-state index >= 15 is 0 Å². The van der Waals surface area contributed by atoms with Gasteiger partial charge in [-0.25, -0.2) is 4.39 Å². The van der Waals surface area contributed by atoms with E-state index in [0.29, 0.717) is 5.56 Å². The van der Waals surface area contributed by atoms with E-state index < -0.39 is 11.9 Å². The number of hydrogen-bond donors (Lipinski definition) is 0. The highest BCUT2D eigenvalue weighted by Crippen LogP contribution is 2.25. The summed E-state index contributed by atoms with van der Waals surface area (Å²) in [5.74, 6) is -0.848. The molecular formula is C17H17FO2. The van der Waals surface area contributed by atoms with Crippen molar-refractivity contribution in [3.63, 3.8) is 0 Å². The number of carbonyl (C=O) groups excluding carboxylic acids is 1. The van der Waals surface area contributed by atoms with Gasteiger partial charge in [-0.2, -0.15) is 0 Å². The zero-order chi connectivity index (χ0) is 14.7. The molecule has 0 saturated heterocycles. The Kier molecular flexibility index (Phi) is 4.30. The molecule has 0 aromatic heterocycles. The predicted octanol–water partition coefficient (Wildman–Crippen LogP) is 4.01. The first-order valence-electron chi connectivity index (χ1n) is 6.43. The summed E-state index contributed by atoms with van der Waals surface area (Å²) >= 11 is 0. The molecule has 0 saturated carbocycles. The second-order valence-electron chi connectivity index (χ2n) is 4.83. The number of aryl methyl sites for hydroxylation is 2. The van der Waals surface area contributed by atoms with Crippen LogP contribution in [0.15, 0.2) is 42.5 Å². The van der Waals surface area contributed by atoms with E-state index in [4.69, 9.17) is 4.74 Å². The van der Waals surface area contributed by atoms with Crippen molar-refractivity contribution in [1.29, 1.82) is 0 Å². The molecule has 0 heterocycles. The van der Waals surface area contributed by atoms with E-state index in [-0.39, 0.29) is 11.3 Å². The third kappa shape index (κ3) is 2.78. The molecule has 0 spiro atoms. The Morgan fingerprint density at radius 3 is 2.35 bits per heavy atom. The van der Waals surface area contributed by atoms with Crippen molar-refractivity contribution in [3.05, 3.63) is 70.5 Å². The fourth-order valence-electron chi connectivity index (χ4n) is 2.38. The van der Waals surface area contributed by atoms with Gasteiger partial charge in [-0.05, 0) is 36.6 Å². The fraction of sp³-hybridized carbons (Fsp3) is 0.235. The zero-order valence-electron chi connectivity index (χ0n) is 11.8. The molecule has 0 aliphatic rings. The molecule has 0 aliphatic carbocycles. The molecule has 0 radical (unpaired) electrons. The van der Waals surface area contributed by atoms with Crippen LogP contribution in [0.5, 0.6) is 0 Å². The summed E-state index contributed by atoms with van der Waals surface area (Å²) in [7, 11) is 1.46. The third-order valence-corrected chi connectivity index (χ3v) is 3.25. The number of hydrogen-bond acceptors (Lipinski definition) is 2. The summed E-state index contributed by atoms with van der Waals surface area (Å²) in [5.41, 5.74) is 2.25. The third-order valence-electron chi connectivity index (χ3n) is 3.25. The highest BCUT2D eigenvalue weighted by atomic mass is 19.1. The van der Waals surface area contributed by atoms with Crippen LogP contribution >= 0.6 is 0 Å². The first kappa shape index (κ1) is 14.4. The Morgan fingerprint density at radius 1 is 1.15 bits per heavy atom. The minimum Gasteiger partial charge on any atom is -0.369 e. The number of ether oxygens (including phenoxy) is 1. The molecule has 2 aromatic rings. The van der Waals surface area contributed by atoms with Crippen molar-refractivity contribution in [1.82, 2.24) is 0 Å². The Labute approximate surface area is 118 Å². The van der Waals surface area contributed by atoms with E-state index in [0.717, 1.165) is 11.1 Å². The van der Waals surface area contributed by atoms with Gasteiger partial charge in [0.1, 0.15) is 11.9 Å². The van der Waals surface area contributed by atoms with Gasteiger partial charge >= 0.3 is 0 Å². The maximum atomic E-state index is 14.1. The molecule has 0 amide bonds. The molecule has 0 N–H and O–H groups in total. The largest absolute Gasteiger partial charge is 0.369 e. The van der Waals surface area contributed by atoms with E-state index in [1.807, 2.05) is 18.2 Å². The summed E-state index contributed by atoms with van der Waals surface area (Å²) in [6, 6.07) is 12.3. The van der Waals surface area contributed by atoms with Gasteiger partial charge in [0.05, 0.1) is 5.56 Å². The highest BCUT2D eigenvalue weighted by Gasteiger charge is 2.25. The lowest BCUT2D eigenvalue weighted by Gasteiger charge is -2.16. The van der Waals surface area contributed by atoms with Crippen molar-refractivity contribution in [3.8, 4) is 0 Å². The molecule has 104 valence electrons. The molecule has 0 fully saturated rings. The summed E-state index contributed by atoms with van der Waals surface area (Å²) < 4.78 is 19.4. The number of halogens is 1. The SMILES string of the molecule is COC(C(=O)c1c(C)cc(C)cc1F)c1ccccc1. The van der Waals surface area contributed by atoms with Gasteiger partial charge < -0.3 is 4.74 Å². The average molecular weight is 272 g/mol. The normalized spacial score (nSPS) is 12.2. The van der Waals surface area contributed by atoms with Crippen molar-refractivity contribution in [2.45, 2.75) is 20.0 Å². The molecule has 20 heavy (non-hydrogen) atoms. The van der Waals surface area contributed by atoms with Gasteiger partial charge in [0.15, 0.2) is 5.78 Å². The maximum absolute atomic E-state index is 14.1. The molecule has 1 atom stereocenters. The summed E-state index contributed by atoms with van der Waals surface area (Å²) in [4.78, 5) is 12.6. The number of methoxy groups -OCH3 is 1.